The van der Waals surface area contributed by atoms with Crippen LogP contribution in [-0.2, 0) is 22.7 Å². The van der Waals surface area contributed by atoms with E-state index in [2.05, 4.69) is 10.6 Å². The van der Waals surface area contributed by atoms with Crippen molar-refractivity contribution >= 4 is 17.7 Å². The molecule has 1 aliphatic carbocycles. The van der Waals surface area contributed by atoms with E-state index in [-0.39, 0.29) is 24.1 Å². The van der Waals surface area contributed by atoms with Crippen molar-refractivity contribution in [3.05, 3.63) is 34.9 Å². The number of imide groups is 1. The van der Waals surface area contributed by atoms with E-state index in [1.165, 1.54) is 0 Å². The molecule has 1 aromatic rings. The van der Waals surface area contributed by atoms with Crippen LogP contribution in [-0.4, -0.2) is 41.2 Å². The van der Waals surface area contributed by atoms with Gasteiger partial charge in [0, 0.05) is 31.1 Å². The Morgan fingerprint density at radius 2 is 2.08 bits per heavy atom. The maximum atomic E-state index is 12.6. The smallest absolute Gasteiger partial charge is 0.255 e. The normalized spacial score (nSPS) is 28.1. The van der Waals surface area contributed by atoms with Gasteiger partial charge in [0.05, 0.1) is 0 Å². The Bertz CT molecular complexity index is 748. The van der Waals surface area contributed by atoms with Gasteiger partial charge in [-0.15, -0.1) is 0 Å². The van der Waals surface area contributed by atoms with Gasteiger partial charge in [-0.05, 0) is 42.5 Å². The summed E-state index contributed by atoms with van der Waals surface area (Å²) in [4.78, 5) is 37.5. The molecule has 3 amide bonds. The molecule has 25 heavy (non-hydrogen) atoms. The van der Waals surface area contributed by atoms with Gasteiger partial charge in [0.15, 0.2) is 0 Å². The third kappa shape index (κ3) is 3.17. The van der Waals surface area contributed by atoms with Gasteiger partial charge in [-0.3, -0.25) is 19.7 Å². The van der Waals surface area contributed by atoms with E-state index in [1.54, 1.807) is 4.90 Å². The Balaban J connectivity index is 1.42. The Hall–Kier alpha value is -2.25. The van der Waals surface area contributed by atoms with Gasteiger partial charge < -0.3 is 16.0 Å². The van der Waals surface area contributed by atoms with Gasteiger partial charge in [0.2, 0.25) is 11.8 Å². The Morgan fingerprint density at radius 1 is 1.28 bits per heavy atom. The number of carbonyl (C=O) groups excluding carboxylic acids is 3. The average Bonchev–Trinajstić information content (AvgIpc) is 3.18. The number of piperidine rings is 1. The van der Waals surface area contributed by atoms with Crippen LogP contribution in [0.5, 0.6) is 0 Å². The molecular weight excluding hydrogens is 320 g/mol. The highest BCUT2D eigenvalue weighted by Gasteiger charge is 2.39. The number of hydrogen-bond donors (Lipinski definition) is 3. The van der Waals surface area contributed by atoms with Crippen molar-refractivity contribution in [2.24, 2.45) is 11.7 Å². The molecule has 4 N–H and O–H groups in total. The van der Waals surface area contributed by atoms with Crippen LogP contribution in [0.15, 0.2) is 18.2 Å². The number of hydrogen-bond acceptors (Lipinski definition) is 5. The number of carbonyl (C=O) groups is 3. The summed E-state index contributed by atoms with van der Waals surface area (Å²) >= 11 is 0. The van der Waals surface area contributed by atoms with Crippen molar-refractivity contribution < 1.29 is 14.4 Å². The molecule has 0 spiro atoms. The summed E-state index contributed by atoms with van der Waals surface area (Å²) in [6, 6.07) is 5.59. The van der Waals surface area contributed by atoms with Gasteiger partial charge in [-0.1, -0.05) is 12.1 Å². The minimum atomic E-state index is -0.560. The Kier molecular flexibility index (Phi) is 4.05. The molecule has 0 radical (unpaired) electrons. The van der Waals surface area contributed by atoms with Crippen molar-refractivity contribution in [2.45, 2.75) is 44.4 Å². The van der Waals surface area contributed by atoms with Gasteiger partial charge in [0.25, 0.3) is 5.91 Å². The molecule has 7 nitrogen and oxygen atoms in total. The predicted octanol–water partition coefficient (Wildman–Crippen LogP) is -0.116. The lowest BCUT2D eigenvalue weighted by molar-refractivity contribution is -0.136. The average molecular weight is 342 g/mol. The molecule has 1 unspecified atom stereocenters. The second-order valence-electron chi connectivity index (χ2n) is 7.18. The topological polar surface area (TPSA) is 105 Å². The summed E-state index contributed by atoms with van der Waals surface area (Å²) in [5, 5.41) is 5.72. The Morgan fingerprint density at radius 3 is 2.80 bits per heavy atom. The van der Waals surface area contributed by atoms with Crippen molar-refractivity contribution in [1.82, 2.24) is 15.5 Å². The van der Waals surface area contributed by atoms with Crippen molar-refractivity contribution in [1.29, 1.82) is 0 Å². The molecule has 7 heteroatoms. The number of rotatable bonds is 5. The van der Waals surface area contributed by atoms with E-state index in [0.29, 0.717) is 30.5 Å². The molecule has 3 atom stereocenters. The predicted molar refractivity (Wildman–Crippen MR) is 90.3 cm³/mol. The number of fused-ring (bicyclic) bond motifs is 1. The molecule has 0 aromatic heterocycles. The molecule has 1 saturated carbocycles. The molecule has 3 aliphatic rings. The summed E-state index contributed by atoms with van der Waals surface area (Å²) < 4.78 is 0. The van der Waals surface area contributed by atoms with Crippen molar-refractivity contribution in [3.63, 3.8) is 0 Å². The quantitative estimate of drug-likeness (QED) is 0.648. The maximum absolute atomic E-state index is 12.6. The fourth-order valence-corrected chi connectivity index (χ4v) is 3.65. The highest BCUT2D eigenvalue weighted by Crippen LogP contribution is 2.29. The molecule has 2 fully saturated rings. The Labute approximate surface area is 145 Å². The van der Waals surface area contributed by atoms with Crippen molar-refractivity contribution in [3.8, 4) is 0 Å². The van der Waals surface area contributed by atoms with Crippen LogP contribution < -0.4 is 16.4 Å². The monoisotopic (exact) mass is 342 g/mol. The van der Waals surface area contributed by atoms with E-state index >= 15 is 0 Å². The molecule has 2 aliphatic heterocycles. The fourth-order valence-electron chi connectivity index (χ4n) is 3.65. The van der Waals surface area contributed by atoms with Gasteiger partial charge in [-0.2, -0.15) is 0 Å². The molecular formula is C18H22N4O3. The van der Waals surface area contributed by atoms with Crippen LogP contribution in [0.4, 0.5) is 0 Å². The van der Waals surface area contributed by atoms with E-state index in [4.69, 9.17) is 5.73 Å². The third-order valence-electron chi connectivity index (χ3n) is 5.30. The molecule has 4 rings (SSSR count). The minimum absolute atomic E-state index is 0.132. The summed E-state index contributed by atoms with van der Waals surface area (Å²) in [6.45, 7) is 2.07. The summed E-state index contributed by atoms with van der Waals surface area (Å²) in [6.07, 6.45) is 1.75. The number of nitrogens with one attached hydrogen (secondary N) is 2. The first-order valence-electron chi connectivity index (χ1n) is 8.75. The summed E-state index contributed by atoms with van der Waals surface area (Å²) in [5.41, 5.74) is 8.51. The third-order valence-corrected chi connectivity index (χ3v) is 5.30. The van der Waals surface area contributed by atoms with E-state index in [0.717, 1.165) is 30.6 Å². The number of nitrogens with zero attached hydrogens (tertiary/aromatic N) is 1. The van der Waals surface area contributed by atoms with Crippen LogP contribution >= 0.6 is 0 Å². The first-order valence-corrected chi connectivity index (χ1v) is 8.75. The highest BCUT2D eigenvalue weighted by atomic mass is 16.2. The SMILES string of the molecule is N[C@@H]1C[C@@H]1CNCc1ccc2c(c1)CN(C1CCC(=O)NC1=O)C2=O. The molecule has 1 saturated heterocycles. The summed E-state index contributed by atoms with van der Waals surface area (Å²) in [7, 11) is 0. The minimum Gasteiger partial charge on any atom is -0.327 e. The zero-order chi connectivity index (χ0) is 17.6. The standard InChI is InChI=1S/C18H22N4O3/c19-14-6-11(14)8-20-7-10-1-2-13-12(5-10)9-22(18(13)25)15-3-4-16(23)21-17(15)24/h1-2,5,11,14-15,20H,3-4,6-9,19H2,(H,21,23,24)/t11-,14-,15?/m1/s1. The zero-order valence-electron chi connectivity index (χ0n) is 14.0. The van der Waals surface area contributed by atoms with Gasteiger partial charge in [0.1, 0.15) is 6.04 Å². The van der Waals surface area contributed by atoms with Gasteiger partial charge in [-0.25, -0.2) is 0 Å². The molecule has 1 aromatic carbocycles. The van der Waals surface area contributed by atoms with E-state index in [9.17, 15) is 14.4 Å². The van der Waals surface area contributed by atoms with E-state index in [1.807, 2.05) is 18.2 Å². The van der Waals surface area contributed by atoms with Crippen LogP contribution in [0.25, 0.3) is 0 Å². The second kappa shape index (κ2) is 6.24. The van der Waals surface area contributed by atoms with E-state index < -0.39 is 6.04 Å². The lowest BCUT2D eigenvalue weighted by Crippen LogP contribution is -2.52. The molecule has 132 valence electrons. The van der Waals surface area contributed by atoms with Crippen LogP contribution in [0, 0.1) is 5.92 Å². The number of amides is 3. The lowest BCUT2D eigenvalue weighted by atomic mass is 10.0. The largest absolute Gasteiger partial charge is 0.327 e. The van der Waals surface area contributed by atoms with Crippen LogP contribution in [0.3, 0.4) is 0 Å². The van der Waals surface area contributed by atoms with Crippen LogP contribution in [0.1, 0.15) is 40.7 Å². The van der Waals surface area contributed by atoms with Crippen molar-refractivity contribution in [2.75, 3.05) is 6.54 Å². The first kappa shape index (κ1) is 16.2. The summed E-state index contributed by atoms with van der Waals surface area (Å²) in [5.74, 6) is -0.193. The maximum Gasteiger partial charge on any atom is 0.255 e. The van der Waals surface area contributed by atoms with Crippen LogP contribution in [0.2, 0.25) is 0 Å². The molecule has 0 bridgehead atoms. The fraction of sp³-hybridized carbons (Fsp3) is 0.500. The number of benzene rings is 1. The van der Waals surface area contributed by atoms with Gasteiger partial charge >= 0.3 is 0 Å². The highest BCUT2D eigenvalue weighted by molar-refractivity contribution is 6.05. The molecule has 2 heterocycles. The second-order valence-corrected chi connectivity index (χ2v) is 7.18. The lowest BCUT2D eigenvalue weighted by Gasteiger charge is -2.29. The number of nitrogens with two attached hydrogens (primary N) is 1. The first-order chi connectivity index (χ1) is 12.0. The zero-order valence-corrected chi connectivity index (χ0v) is 14.0.